The molecule has 0 aliphatic carbocycles. The molecule has 0 fully saturated rings. The minimum atomic E-state index is -0.514. The zero-order valence-electron chi connectivity index (χ0n) is 12.0. The standard InChI is InChI=1S/C15H15NO4S/c1-9(17)8-20-15(18)13-10(2)16-14(21-13)11-4-6-12(19-3)7-5-11/h4-7H,8H2,1-3H3. The van der Waals surface area contributed by atoms with Gasteiger partial charge in [0.2, 0.25) is 0 Å². The molecule has 0 saturated heterocycles. The maximum Gasteiger partial charge on any atom is 0.350 e. The van der Waals surface area contributed by atoms with Crippen molar-refractivity contribution >= 4 is 23.1 Å². The van der Waals surface area contributed by atoms with E-state index in [4.69, 9.17) is 9.47 Å². The van der Waals surface area contributed by atoms with Gasteiger partial charge in [0.25, 0.3) is 0 Å². The number of esters is 1. The van der Waals surface area contributed by atoms with E-state index in [-0.39, 0.29) is 12.4 Å². The topological polar surface area (TPSA) is 65.5 Å². The number of methoxy groups -OCH3 is 1. The summed E-state index contributed by atoms with van der Waals surface area (Å²) < 4.78 is 10.0. The first-order valence-corrected chi connectivity index (χ1v) is 7.11. The van der Waals surface area contributed by atoms with Crippen molar-refractivity contribution < 1.29 is 19.1 Å². The fourth-order valence-corrected chi connectivity index (χ4v) is 2.64. The minimum Gasteiger partial charge on any atom is -0.497 e. The van der Waals surface area contributed by atoms with Gasteiger partial charge in [-0.1, -0.05) is 0 Å². The Labute approximate surface area is 126 Å². The number of carbonyl (C=O) groups excluding carboxylic acids is 2. The van der Waals surface area contributed by atoms with Gasteiger partial charge in [0.15, 0.2) is 5.78 Å². The van der Waals surface area contributed by atoms with Crippen molar-refractivity contribution in [3.8, 4) is 16.3 Å². The molecule has 1 aromatic carbocycles. The Morgan fingerprint density at radius 3 is 2.48 bits per heavy atom. The highest BCUT2D eigenvalue weighted by molar-refractivity contribution is 7.17. The van der Waals surface area contributed by atoms with Crippen LogP contribution in [0.1, 0.15) is 22.3 Å². The highest BCUT2D eigenvalue weighted by atomic mass is 32.1. The third-order valence-electron chi connectivity index (χ3n) is 2.73. The van der Waals surface area contributed by atoms with Gasteiger partial charge in [0.05, 0.1) is 12.8 Å². The smallest absolute Gasteiger partial charge is 0.350 e. The lowest BCUT2D eigenvalue weighted by atomic mass is 10.2. The SMILES string of the molecule is COc1ccc(-c2nc(C)c(C(=O)OCC(C)=O)s2)cc1. The van der Waals surface area contributed by atoms with Gasteiger partial charge in [-0.2, -0.15) is 0 Å². The van der Waals surface area contributed by atoms with Crippen LogP contribution in [0.2, 0.25) is 0 Å². The number of benzene rings is 1. The third kappa shape index (κ3) is 3.66. The van der Waals surface area contributed by atoms with Crippen molar-refractivity contribution in [2.24, 2.45) is 0 Å². The van der Waals surface area contributed by atoms with Crippen LogP contribution in [0.25, 0.3) is 10.6 Å². The third-order valence-corrected chi connectivity index (χ3v) is 3.91. The fraction of sp³-hybridized carbons (Fsp3) is 0.267. The van der Waals surface area contributed by atoms with Crippen LogP contribution in [0.15, 0.2) is 24.3 Å². The number of rotatable bonds is 5. The van der Waals surface area contributed by atoms with Gasteiger partial charge in [0, 0.05) is 5.56 Å². The van der Waals surface area contributed by atoms with E-state index in [0.717, 1.165) is 16.3 Å². The summed E-state index contributed by atoms with van der Waals surface area (Å²) in [5.41, 5.74) is 1.49. The molecule has 0 aliphatic rings. The monoisotopic (exact) mass is 305 g/mol. The molecular weight excluding hydrogens is 290 g/mol. The Balaban J connectivity index is 2.21. The van der Waals surface area contributed by atoms with Crippen LogP contribution >= 0.6 is 11.3 Å². The summed E-state index contributed by atoms with van der Waals surface area (Å²) in [6.45, 7) is 2.90. The second kappa shape index (κ2) is 6.49. The number of nitrogens with zero attached hydrogens (tertiary/aromatic N) is 1. The molecule has 0 radical (unpaired) electrons. The van der Waals surface area contributed by atoms with E-state index < -0.39 is 5.97 Å². The molecule has 110 valence electrons. The zero-order valence-corrected chi connectivity index (χ0v) is 12.8. The number of thiazole rings is 1. The number of hydrogen-bond acceptors (Lipinski definition) is 6. The average molecular weight is 305 g/mol. The summed E-state index contributed by atoms with van der Waals surface area (Å²) >= 11 is 1.25. The first-order chi connectivity index (χ1) is 10.0. The van der Waals surface area contributed by atoms with Crippen molar-refractivity contribution in [3.05, 3.63) is 34.8 Å². The maximum absolute atomic E-state index is 11.9. The molecule has 6 heteroatoms. The summed E-state index contributed by atoms with van der Waals surface area (Å²) in [4.78, 5) is 27.5. The minimum absolute atomic E-state index is 0.194. The number of Topliss-reactive ketones (excluding diaryl/α,β-unsaturated/α-hetero) is 1. The van der Waals surface area contributed by atoms with E-state index in [0.29, 0.717) is 10.6 Å². The fourth-order valence-electron chi connectivity index (χ4n) is 1.68. The molecule has 0 aliphatic heterocycles. The Morgan fingerprint density at radius 2 is 1.90 bits per heavy atom. The number of hydrogen-bond donors (Lipinski definition) is 0. The quantitative estimate of drug-likeness (QED) is 0.795. The summed E-state index contributed by atoms with van der Waals surface area (Å²) in [5, 5.41) is 0.727. The second-order valence-electron chi connectivity index (χ2n) is 4.44. The van der Waals surface area contributed by atoms with Gasteiger partial charge in [-0.05, 0) is 38.1 Å². The van der Waals surface area contributed by atoms with Gasteiger partial charge in [-0.3, -0.25) is 4.79 Å². The normalized spacial score (nSPS) is 10.2. The van der Waals surface area contributed by atoms with E-state index >= 15 is 0 Å². The number of aryl methyl sites for hydroxylation is 1. The molecule has 21 heavy (non-hydrogen) atoms. The predicted molar refractivity (Wildman–Crippen MR) is 79.8 cm³/mol. The number of ether oxygens (including phenoxy) is 2. The lowest BCUT2D eigenvalue weighted by Gasteiger charge is -2.00. The molecule has 0 saturated carbocycles. The van der Waals surface area contributed by atoms with E-state index in [1.54, 1.807) is 14.0 Å². The molecule has 0 spiro atoms. The van der Waals surface area contributed by atoms with Crippen LogP contribution in [-0.4, -0.2) is 30.5 Å². The molecule has 1 aromatic heterocycles. The average Bonchev–Trinajstić information content (AvgIpc) is 2.87. The van der Waals surface area contributed by atoms with Crippen molar-refractivity contribution in [2.45, 2.75) is 13.8 Å². The van der Waals surface area contributed by atoms with Crippen LogP contribution in [-0.2, 0) is 9.53 Å². The van der Waals surface area contributed by atoms with E-state index in [2.05, 4.69) is 4.98 Å². The zero-order chi connectivity index (χ0) is 15.4. The molecule has 0 atom stereocenters. The molecule has 0 amide bonds. The van der Waals surface area contributed by atoms with Crippen LogP contribution in [0, 0.1) is 6.92 Å². The lowest BCUT2D eigenvalue weighted by Crippen LogP contribution is -2.11. The van der Waals surface area contributed by atoms with Crippen molar-refractivity contribution in [2.75, 3.05) is 13.7 Å². The summed E-state index contributed by atoms with van der Waals surface area (Å²) in [6, 6.07) is 7.42. The van der Waals surface area contributed by atoms with Crippen LogP contribution in [0.4, 0.5) is 0 Å². The Bertz CT molecular complexity index is 661. The number of aromatic nitrogens is 1. The van der Waals surface area contributed by atoms with Crippen LogP contribution < -0.4 is 4.74 Å². The van der Waals surface area contributed by atoms with E-state index in [1.807, 2.05) is 24.3 Å². The molecule has 0 N–H and O–H groups in total. The Hall–Kier alpha value is -2.21. The molecule has 2 aromatic rings. The van der Waals surface area contributed by atoms with Crippen molar-refractivity contribution in [1.82, 2.24) is 4.98 Å². The summed E-state index contributed by atoms with van der Waals surface area (Å²) in [6.07, 6.45) is 0. The van der Waals surface area contributed by atoms with Gasteiger partial charge < -0.3 is 9.47 Å². The van der Waals surface area contributed by atoms with Crippen molar-refractivity contribution in [1.29, 1.82) is 0 Å². The van der Waals surface area contributed by atoms with Crippen LogP contribution in [0.3, 0.4) is 0 Å². The summed E-state index contributed by atoms with van der Waals surface area (Å²) in [5.74, 6) is 0.0500. The summed E-state index contributed by atoms with van der Waals surface area (Å²) in [7, 11) is 1.60. The second-order valence-corrected chi connectivity index (χ2v) is 5.44. The van der Waals surface area contributed by atoms with Gasteiger partial charge >= 0.3 is 5.97 Å². The Kier molecular flexibility index (Phi) is 4.70. The van der Waals surface area contributed by atoms with E-state index in [1.165, 1.54) is 18.3 Å². The van der Waals surface area contributed by atoms with Gasteiger partial charge in [-0.15, -0.1) is 11.3 Å². The first-order valence-electron chi connectivity index (χ1n) is 6.29. The van der Waals surface area contributed by atoms with Gasteiger partial charge in [-0.25, -0.2) is 9.78 Å². The highest BCUT2D eigenvalue weighted by Crippen LogP contribution is 2.29. The largest absolute Gasteiger partial charge is 0.497 e. The molecular formula is C15H15NO4S. The Morgan fingerprint density at radius 1 is 1.24 bits per heavy atom. The molecule has 2 rings (SSSR count). The molecule has 5 nitrogen and oxygen atoms in total. The highest BCUT2D eigenvalue weighted by Gasteiger charge is 2.18. The van der Waals surface area contributed by atoms with Crippen molar-refractivity contribution in [3.63, 3.8) is 0 Å². The molecule has 0 unspecified atom stereocenters. The first kappa shape index (κ1) is 15.2. The predicted octanol–water partition coefficient (Wildman–Crippen LogP) is 2.87. The maximum atomic E-state index is 11.9. The molecule has 0 bridgehead atoms. The van der Waals surface area contributed by atoms with E-state index in [9.17, 15) is 9.59 Å². The molecule has 1 heterocycles. The number of ketones is 1. The van der Waals surface area contributed by atoms with Gasteiger partial charge in [0.1, 0.15) is 22.2 Å². The lowest BCUT2D eigenvalue weighted by molar-refractivity contribution is -0.120. The number of carbonyl (C=O) groups is 2. The van der Waals surface area contributed by atoms with Crippen LogP contribution in [0.5, 0.6) is 5.75 Å².